The average Bonchev–Trinajstić information content (AvgIpc) is 3.80. The van der Waals surface area contributed by atoms with E-state index in [-0.39, 0.29) is 116 Å². The van der Waals surface area contributed by atoms with Gasteiger partial charge in [-0.25, -0.2) is 4.79 Å². The summed E-state index contributed by atoms with van der Waals surface area (Å²) in [5, 5.41) is 8.41. The molecule has 1 aliphatic heterocycles. The van der Waals surface area contributed by atoms with Gasteiger partial charge in [0.1, 0.15) is 11.6 Å². The molecule has 5 amide bonds. The number of primary amides is 1. The first-order valence-electron chi connectivity index (χ1n) is 27.0. The first-order chi connectivity index (χ1) is 35.4. The number of nitrogens with one attached hydrogen (secondary N) is 3. The Balaban J connectivity index is 1.75. The zero-order chi connectivity index (χ0) is 56.1. The number of anilines is 1. The number of ether oxygens (including phenoxy) is 2. The van der Waals surface area contributed by atoms with Crippen LogP contribution in [0.5, 0.6) is 0 Å². The minimum absolute atomic E-state index is 0.00419. The Morgan fingerprint density at radius 3 is 2.00 bits per heavy atom. The van der Waals surface area contributed by atoms with Gasteiger partial charge in [-0.05, 0) is 101 Å². The summed E-state index contributed by atoms with van der Waals surface area (Å²) in [7, 11) is 8.67. The largest absolute Gasteiger partial charge is 0.379 e. The second kappa shape index (κ2) is 31.6. The summed E-state index contributed by atoms with van der Waals surface area (Å²) >= 11 is 0. The lowest BCUT2D eigenvalue weighted by molar-refractivity contribution is -0.146. The lowest BCUT2D eigenvalue weighted by atomic mass is 9.83. The molecule has 418 valence electrons. The average molecular weight is 1050 g/mol. The number of amides is 5. The number of benzene rings is 2. The molecular weight excluding hydrogens is 955 g/mol. The molecular formula is C58H91N7O10. The highest BCUT2D eigenvalue weighted by Gasteiger charge is 2.42. The number of methoxy groups -OCH3 is 2. The van der Waals surface area contributed by atoms with Gasteiger partial charge in [0, 0.05) is 77.1 Å². The molecule has 5 N–H and O–H groups in total. The summed E-state index contributed by atoms with van der Waals surface area (Å²) in [4.78, 5) is 113. The number of carbonyl (C=O) groups is 8. The quantitative estimate of drug-likeness (QED) is 0.0568. The van der Waals surface area contributed by atoms with Crippen LogP contribution in [-0.4, -0.2) is 153 Å². The molecule has 17 heteroatoms. The summed E-state index contributed by atoms with van der Waals surface area (Å²) in [6, 6.07) is 13.8. The highest BCUT2D eigenvalue weighted by molar-refractivity contribution is 5.95. The Labute approximate surface area is 447 Å². The van der Waals surface area contributed by atoms with E-state index in [9.17, 15) is 38.4 Å². The lowest BCUT2D eigenvalue weighted by Crippen LogP contribution is -2.53. The number of likely N-dealkylation sites (N-methyl/N-ethyl adjacent to an activating group) is 2. The fraction of sp³-hybridized carbons (Fsp3) is 0.655. The molecule has 0 saturated carbocycles. The van der Waals surface area contributed by atoms with Crippen molar-refractivity contribution in [2.24, 2.45) is 41.2 Å². The fourth-order valence-electron chi connectivity index (χ4n) is 10.9. The molecule has 0 spiro atoms. The van der Waals surface area contributed by atoms with Crippen LogP contribution >= 0.6 is 0 Å². The maximum atomic E-state index is 14.4. The van der Waals surface area contributed by atoms with Gasteiger partial charge < -0.3 is 40.9 Å². The van der Waals surface area contributed by atoms with Crippen LogP contribution in [0.2, 0.25) is 0 Å². The number of urea groups is 1. The molecule has 0 bridgehead atoms. The van der Waals surface area contributed by atoms with E-state index in [1.165, 1.54) is 6.92 Å². The van der Waals surface area contributed by atoms with Crippen molar-refractivity contribution in [3.05, 3.63) is 65.7 Å². The van der Waals surface area contributed by atoms with E-state index in [2.05, 4.69) is 27.8 Å². The molecule has 1 fully saturated rings. The summed E-state index contributed by atoms with van der Waals surface area (Å²) in [6.07, 6.45) is 2.33. The Hall–Kier alpha value is -5.36. The minimum Gasteiger partial charge on any atom is -0.379 e. The van der Waals surface area contributed by atoms with Gasteiger partial charge in [-0.1, -0.05) is 97.4 Å². The molecule has 10 atom stereocenters. The molecule has 1 aliphatic rings. The Bertz CT molecular complexity index is 2160. The van der Waals surface area contributed by atoms with Gasteiger partial charge in [-0.3, -0.25) is 38.6 Å². The highest BCUT2D eigenvalue weighted by Crippen LogP contribution is 2.30. The van der Waals surface area contributed by atoms with Gasteiger partial charge >= 0.3 is 6.03 Å². The lowest BCUT2D eigenvalue weighted by Gasteiger charge is -2.40. The van der Waals surface area contributed by atoms with Crippen molar-refractivity contribution in [1.82, 2.24) is 25.3 Å². The molecule has 1 heterocycles. The Morgan fingerprint density at radius 1 is 0.800 bits per heavy atom. The van der Waals surface area contributed by atoms with Gasteiger partial charge in [0.2, 0.25) is 17.7 Å². The summed E-state index contributed by atoms with van der Waals surface area (Å²) in [6.45, 7) is 16.3. The number of Topliss-reactive ketones (excluding diaryl/α,β-unsaturated/α-hetero) is 4. The molecule has 2 aromatic rings. The van der Waals surface area contributed by atoms with Crippen LogP contribution in [-0.2, 0) is 55.9 Å². The van der Waals surface area contributed by atoms with Crippen molar-refractivity contribution in [3.63, 3.8) is 0 Å². The van der Waals surface area contributed by atoms with E-state index in [1.54, 1.807) is 57.4 Å². The van der Waals surface area contributed by atoms with Crippen LogP contribution in [0.3, 0.4) is 0 Å². The molecule has 0 aliphatic carbocycles. The number of ketones is 4. The van der Waals surface area contributed by atoms with Gasteiger partial charge in [0.05, 0.1) is 42.8 Å². The summed E-state index contributed by atoms with van der Waals surface area (Å²) in [5.41, 5.74) is 7.18. The highest BCUT2D eigenvalue weighted by atomic mass is 16.5. The zero-order valence-electron chi connectivity index (χ0n) is 47.3. The van der Waals surface area contributed by atoms with Crippen LogP contribution in [0.4, 0.5) is 10.5 Å². The Kier molecular flexibility index (Phi) is 27.0. The SMILES string of the molecule is CC[C@H](C)[C@@H]([C@@H](CC(=O)CN1CCC[C@H]1[C@H](OC)[C@@H](C)C(=O)N[C@@H](Cc1ccccc1)C(=O)Cc1ccc(NC(=O)[C@@H](CCCNC(N)=O)CC(C)=O)cc1)OC)N(C)C(=O)[C@@H](CC(=O)[C@H](C(C)C)N(C)C)C(C)C. The minimum atomic E-state index is -0.877. The maximum Gasteiger partial charge on any atom is 0.312 e. The third-order valence-electron chi connectivity index (χ3n) is 15.1. The number of hydrogen-bond donors (Lipinski definition) is 4. The topological polar surface area (TPSA) is 227 Å². The number of rotatable bonds is 34. The van der Waals surface area contributed by atoms with Crippen molar-refractivity contribution in [3.8, 4) is 0 Å². The molecule has 0 aromatic heterocycles. The molecule has 3 rings (SSSR count). The monoisotopic (exact) mass is 1050 g/mol. The normalized spacial score (nSPS) is 17.5. The number of carbonyl (C=O) groups excluding carboxylic acids is 8. The van der Waals surface area contributed by atoms with Crippen molar-refractivity contribution in [2.75, 3.05) is 60.3 Å². The molecule has 0 unspecified atom stereocenters. The molecule has 0 radical (unpaired) electrons. The third-order valence-corrected chi connectivity index (χ3v) is 15.1. The van der Waals surface area contributed by atoms with Crippen LogP contribution in [0.15, 0.2) is 54.6 Å². The van der Waals surface area contributed by atoms with Gasteiger partial charge in [-0.2, -0.15) is 0 Å². The van der Waals surface area contributed by atoms with Crippen LogP contribution in [0.25, 0.3) is 0 Å². The van der Waals surface area contributed by atoms with Crippen LogP contribution in [0.1, 0.15) is 118 Å². The first-order valence-corrected chi connectivity index (χ1v) is 27.0. The molecule has 75 heavy (non-hydrogen) atoms. The maximum absolute atomic E-state index is 14.4. The van der Waals surface area contributed by atoms with Crippen LogP contribution in [0, 0.1) is 35.5 Å². The second-order valence-electron chi connectivity index (χ2n) is 21.8. The number of nitrogens with zero attached hydrogens (tertiary/aromatic N) is 3. The number of hydrogen-bond acceptors (Lipinski definition) is 12. The Morgan fingerprint density at radius 2 is 1.45 bits per heavy atom. The van der Waals surface area contributed by atoms with E-state index < -0.39 is 48.1 Å². The molecule has 2 aromatic carbocycles. The van der Waals surface area contributed by atoms with E-state index in [0.29, 0.717) is 37.1 Å². The van der Waals surface area contributed by atoms with Crippen molar-refractivity contribution in [1.29, 1.82) is 0 Å². The van der Waals surface area contributed by atoms with Crippen molar-refractivity contribution >= 4 is 52.6 Å². The van der Waals surface area contributed by atoms with E-state index >= 15 is 0 Å². The van der Waals surface area contributed by atoms with Gasteiger partial charge in [0.15, 0.2) is 11.6 Å². The molecule has 1 saturated heterocycles. The van der Waals surface area contributed by atoms with E-state index in [0.717, 1.165) is 18.4 Å². The summed E-state index contributed by atoms with van der Waals surface area (Å²) < 4.78 is 12.2. The van der Waals surface area contributed by atoms with E-state index in [4.69, 9.17) is 15.2 Å². The van der Waals surface area contributed by atoms with Crippen molar-refractivity contribution < 1.29 is 47.8 Å². The molecule has 17 nitrogen and oxygen atoms in total. The second-order valence-corrected chi connectivity index (χ2v) is 21.8. The number of likely N-dealkylation sites (tertiary alicyclic amines) is 1. The first kappa shape index (κ1) is 63.9. The zero-order valence-corrected chi connectivity index (χ0v) is 47.3. The predicted octanol–water partition coefficient (Wildman–Crippen LogP) is 6.29. The van der Waals surface area contributed by atoms with E-state index in [1.807, 2.05) is 83.9 Å². The standard InChI is InChI=1S/C58H91N7O10/c1-14-38(6)53(64(11)57(72)46(36(2)3)34-50(69)52(37(4)5)63(9)10)51(74-12)33-45(67)35-65-29-19-23-48(65)54(75-13)40(8)55(70)62-47(31-41-20-16-15-17-21-41)49(68)32-42-24-26-44(27-25-42)61-56(71)43(30-39(7)66)22-18-28-60-58(59)73/h15-17,20-21,24-27,36-38,40,43,46-48,51-54H,14,18-19,22-23,28-35H2,1-13H3,(H,61,71)(H,62,70)(H3,59,60,73)/t38-,40+,43-,46-,47-,48-,51+,52-,53-,54+/m0/s1. The number of nitrogens with two attached hydrogens (primary N) is 1. The van der Waals surface area contributed by atoms with Crippen molar-refractivity contribution in [2.45, 2.75) is 156 Å². The smallest absolute Gasteiger partial charge is 0.312 e. The summed E-state index contributed by atoms with van der Waals surface area (Å²) in [5.74, 6) is -3.08. The fourth-order valence-corrected chi connectivity index (χ4v) is 10.9. The predicted molar refractivity (Wildman–Crippen MR) is 293 cm³/mol. The van der Waals surface area contributed by atoms with Gasteiger partial charge in [-0.15, -0.1) is 0 Å². The van der Waals surface area contributed by atoms with Crippen LogP contribution < -0.4 is 21.7 Å². The third kappa shape index (κ3) is 19.9. The van der Waals surface area contributed by atoms with Gasteiger partial charge in [0.25, 0.3) is 0 Å².